The average Bonchev–Trinajstić information content (AvgIpc) is 2.88. The average molecular weight is 387 g/mol. The van der Waals surface area contributed by atoms with Crippen LogP contribution in [0.1, 0.15) is 32.1 Å². The zero-order valence-electron chi connectivity index (χ0n) is 11.0. The molecule has 0 radical (unpaired) electrons. The first kappa shape index (κ1) is 14.8. The fourth-order valence-electron chi connectivity index (χ4n) is 1.88. The van der Waals surface area contributed by atoms with E-state index in [0.29, 0.717) is 0 Å². The number of furan rings is 1. The van der Waals surface area contributed by atoms with E-state index in [1.165, 1.54) is 0 Å². The lowest BCUT2D eigenvalue weighted by atomic mass is 10.2. The molecular weight excluding hydrogens is 370 g/mol. The van der Waals surface area contributed by atoms with Crippen LogP contribution in [0.3, 0.4) is 0 Å². The largest absolute Gasteiger partial charge is 0.459 e. The van der Waals surface area contributed by atoms with Crippen LogP contribution in [0.5, 0.6) is 0 Å². The first-order valence-corrected chi connectivity index (χ1v) is 7.99. The topological polar surface area (TPSA) is 25.2 Å². The van der Waals surface area contributed by atoms with Gasteiger partial charge in [-0.3, -0.25) is 0 Å². The lowest BCUT2D eigenvalue weighted by molar-refractivity contribution is 0.438. The van der Waals surface area contributed by atoms with Gasteiger partial charge in [-0.2, -0.15) is 0 Å². The highest BCUT2D eigenvalue weighted by atomic mass is 79.9. The molecule has 1 aromatic carbocycles. The maximum Gasteiger partial charge on any atom is 0.135 e. The Morgan fingerprint density at radius 3 is 2.74 bits per heavy atom. The molecular formula is C15H17Br2NO. The Balaban J connectivity index is 2.23. The van der Waals surface area contributed by atoms with Gasteiger partial charge in [0.1, 0.15) is 11.5 Å². The van der Waals surface area contributed by atoms with E-state index in [9.17, 15) is 0 Å². The normalized spacial score (nSPS) is 12.6. The van der Waals surface area contributed by atoms with Crippen LogP contribution in [0.2, 0.25) is 0 Å². The highest BCUT2D eigenvalue weighted by Crippen LogP contribution is 2.33. The van der Waals surface area contributed by atoms with Crippen molar-refractivity contribution in [2.75, 3.05) is 6.54 Å². The maximum absolute atomic E-state index is 5.95. The molecule has 0 aliphatic rings. The van der Waals surface area contributed by atoms with E-state index in [-0.39, 0.29) is 6.04 Å². The molecule has 0 spiro atoms. The molecule has 102 valence electrons. The fraction of sp³-hybridized carbons (Fsp3) is 0.333. The van der Waals surface area contributed by atoms with Crippen molar-refractivity contribution >= 4 is 31.9 Å². The Kier molecular flexibility index (Phi) is 5.25. The summed E-state index contributed by atoms with van der Waals surface area (Å²) in [5.74, 6) is 1.85. The van der Waals surface area contributed by atoms with Crippen LogP contribution in [0.4, 0.5) is 0 Å². The van der Waals surface area contributed by atoms with Crippen molar-refractivity contribution in [2.24, 2.45) is 0 Å². The molecule has 2 aromatic rings. The van der Waals surface area contributed by atoms with Gasteiger partial charge in [-0.15, -0.1) is 0 Å². The third-order valence-electron chi connectivity index (χ3n) is 2.95. The van der Waals surface area contributed by atoms with Gasteiger partial charge in [-0.1, -0.05) is 38.8 Å². The smallest absolute Gasteiger partial charge is 0.135 e. The number of hydrogen-bond donors (Lipinski definition) is 1. The van der Waals surface area contributed by atoms with E-state index in [1.807, 2.05) is 24.3 Å². The van der Waals surface area contributed by atoms with Gasteiger partial charge in [0.2, 0.25) is 0 Å². The molecule has 1 atom stereocenters. The van der Waals surface area contributed by atoms with E-state index in [2.05, 4.69) is 57.1 Å². The molecule has 1 unspecified atom stereocenters. The molecule has 4 heteroatoms. The third-order valence-corrected chi connectivity index (χ3v) is 4.13. The van der Waals surface area contributed by atoms with Gasteiger partial charge in [0.15, 0.2) is 0 Å². The summed E-state index contributed by atoms with van der Waals surface area (Å²) in [6.45, 7) is 5.28. The summed E-state index contributed by atoms with van der Waals surface area (Å²) in [5.41, 5.74) is 1.06. The molecule has 0 aliphatic carbocycles. The van der Waals surface area contributed by atoms with Gasteiger partial charge in [-0.05, 0) is 50.2 Å². The van der Waals surface area contributed by atoms with Crippen LogP contribution >= 0.6 is 31.9 Å². The van der Waals surface area contributed by atoms with Crippen molar-refractivity contribution in [2.45, 2.75) is 26.3 Å². The Morgan fingerprint density at radius 2 is 2.00 bits per heavy atom. The molecule has 0 saturated heterocycles. The number of rotatable bonds is 5. The van der Waals surface area contributed by atoms with Crippen molar-refractivity contribution in [1.82, 2.24) is 5.32 Å². The number of hydrogen-bond acceptors (Lipinski definition) is 2. The Hall–Kier alpha value is -0.580. The van der Waals surface area contributed by atoms with Gasteiger partial charge in [0.25, 0.3) is 0 Å². The van der Waals surface area contributed by atoms with Crippen LogP contribution < -0.4 is 5.32 Å². The number of nitrogens with one attached hydrogen (secondary N) is 1. The van der Waals surface area contributed by atoms with Crippen molar-refractivity contribution in [3.8, 4) is 11.3 Å². The van der Waals surface area contributed by atoms with Crippen molar-refractivity contribution in [1.29, 1.82) is 0 Å². The van der Waals surface area contributed by atoms with Crippen LogP contribution in [0, 0.1) is 0 Å². The minimum Gasteiger partial charge on any atom is -0.459 e. The minimum atomic E-state index is 0.236. The first-order chi connectivity index (χ1) is 9.11. The van der Waals surface area contributed by atoms with E-state index < -0.39 is 0 Å². The molecule has 0 aliphatic heterocycles. The Morgan fingerprint density at radius 1 is 1.21 bits per heavy atom. The standard InChI is InChI=1S/C15H17Br2NO/c1-3-8-18-10(2)14-6-7-15(19-14)12-9-11(16)4-5-13(12)17/h4-7,9-10,18H,3,8H2,1-2H3. The van der Waals surface area contributed by atoms with E-state index in [1.54, 1.807) is 0 Å². The Labute approximate surface area is 130 Å². The number of halogens is 2. The maximum atomic E-state index is 5.95. The molecule has 0 fully saturated rings. The molecule has 1 aromatic heterocycles. The summed E-state index contributed by atoms with van der Waals surface area (Å²) in [7, 11) is 0. The summed E-state index contributed by atoms with van der Waals surface area (Å²) >= 11 is 7.05. The first-order valence-electron chi connectivity index (χ1n) is 6.40. The highest BCUT2D eigenvalue weighted by Gasteiger charge is 2.12. The highest BCUT2D eigenvalue weighted by molar-refractivity contribution is 9.11. The summed E-state index contributed by atoms with van der Waals surface area (Å²) in [6, 6.07) is 10.4. The summed E-state index contributed by atoms with van der Waals surface area (Å²) in [4.78, 5) is 0. The molecule has 0 saturated carbocycles. The Bertz CT molecular complexity index is 551. The van der Waals surface area contributed by atoms with Crippen molar-refractivity contribution in [3.63, 3.8) is 0 Å². The van der Waals surface area contributed by atoms with Crippen LogP contribution in [0.25, 0.3) is 11.3 Å². The molecule has 2 rings (SSSR count). The second kappa shape index (κ2) is 6.73. The molecule has 1 N–H and O–H groups in total. The van der Waals surface area contributed by atoms with Gasteiger partial charge in [0.05, 0.1) is 6.04 Å². The predicted molar refractivity (Wildman–Crippen MR) is 86.3 cm³/mol. The van der Waals surface area contributed by atoms with Gasteiger partial charge in [-0.25, -0.2) is 0 Å². The number of benzene rings is 1. The second-order valence-corrected chi connectivity index (χ2v) is 6.27. The predicted octanol–water partition coefficient (Wildman–Crippen LogP) is 5.53. The SMILES string of the molecule is CCCNC(C)c1ccc(-c2cc(Br)ccc2Br)o1. The van der Waals surface area contributed by atoms with Crippen molar-refractivity contribution in [3.05, 3.63) is 45.0 Å². The molecule has 19 heavy (non-hydrogen) atoms. The van der Waals surface area contributed by atoms with E-state index in [0.717, 1.165) is 39.0 Å². The van der Waals surface area contributed by atoms with Crippen molar-refractivity contribution < 1.29 is 4.42 Å². The lowest BCUT2D eigenvalue weighted by Gasteiger charge is -2.10. The molecule has 2 nitrogen and oxygen atoms in total. The molecule has 0 amide bonds. The zero-order valence-corrected chi connectivity index (χ0v) is 14.2. The van der Waals surface area contributed by atoms with Gasteiger partial charge in [0, 0.05) is 14.5 Å². The molecule has 1 heterocycles. The molecule has 0 bridgehead atoms. The fourth-order valence-corrected chi connectivity index (χ4v) is 2.68. The van der Waals surface area contributed by atoms with Gasteiger partial charge < -0.3 is 9.73 Å². The van der Waals surface area contributed by atoms with Gasteiger partial charge >= 0.3 is 0 Å². The lowest BCUT2D eigenvalue weighted by Crippen LogP contribution is -2.18. The third kappa shape index (κ3) is 3.71. The monoisotopic (exact) mass is 385 g/mol. The van der Waals surface area contributed by atoms with E-state index in [4.69, 9.17) is 4.42 Å². The van der Waals surface area contributed by atoms with Crippen LogP contribution in [0.15, 0.2) is 43.7 Å². The van der Waals surface area contributed by atoms with Crippen LogP contribution in [-0.2, 0) is 0 Å². The summed E-state index contributed by atoms with van der Waals surface area (Å²) in [5, 5.41) is 3.42. The quantitative estimate of drug-likeness (QED) is 0.730. The summed E-state index contributed by atoms with van der Waals surface area (Å²) < 4.78 is 8.03. The zero-order chi connectivity index (χ0) is 13.8. The van der Waals surface area contributed by atoms with Crippen LogP contribution in [-0.4, -0.2) is 6.54 Å². The van der Waals surface area contributed by atoms with E-state index >= 15 is 0 Å². The summed E-state index contributed by atoms with van der Waals surface area (Å²) in [6.07, 6.45) is 1.12. The second-order valence-electron chi connectivity index (χ2n) is 4.50. The minimum absolute atomic E-state index is 0.236.